The van der Waals surface area contributed by atoms with E-state index < -0.39 is 12.3 Å². The maximum atomic E-state index is 11.4. The van der Waals surface area contributed by atoms with E-state index in [4.69, 9.17) is 23.7 Å². The minimum Gasteiger partial charge on any atom is -0.490 e. The molecule has 0 saturated heterocycles. The molecule has 1 heterocycles. The molecule has 2 aromatic rings. The van der Waals surface area contributed by atoms with Gasteiger partial charge < -0.3 is 28.8 Å². The number of rotatable bonds is 10. The van der Waals surface area contributed by atoms with Gasteiger partial charge in [0.05, 0.1) is 6.61 Å². The molecule has 136 valence electrons. The van der Waals surface area contributed by atoms with Crippen molar-refractivity contribution in [3.05, 3.63) is 30.0 Å². The molecule has 0 fully saturated rings. The second kappa shape index (κ2) is 9.16. The topological polar surface area (TPSA) is 96.3 Å². The van der Waals surface area contributed by atoms with Gasteiger partial charge in [0.25, 0.3) is 0 Å². The number of aromatic nitrogens is 1. The number of benzene rings is 1. The lowest BCUT2D eigenvalue weighted by Crippen LogP contribution is -2.22. The highest BCUT2D eigenvalue weighted by atomic mass is 16.7. The van der Waals surface area contributed by atoms with Gasteiger partial charge in [0.1, 0.15) is 30.2 Å². The minimum atomic E-state index is -1.15. The molecule has 0 bridgehead atoms. The summed E-state index contributed by atoms with van der Waals surface area (Å²) in [5.41, 5.74) is 0.256. The third kappa shape index (κ3) is 4.79. The Morgan fingerprint density at radius 1 is 1.12 bits per heavy atom. The predicted molar refractivity (Wildman–Crippen MR) is 89.4 cm³/mol. The van der Waals surface area contributed by atoms with E-state index in [9.17, 15) is 9.90 Å². The average Bonchev–Trinajstić information content (AvgIpc) is 2.62. The Kier molecular flexibility index (Phi) is 6.93. The molecule has 0 amide bonds. The van der Waals surface area contributed by atoms with Crippen molar-refractivity contribution >= 4 is 16.9 Å². The van der Waals surface area contributed by atoms with Gasteiger partial charge in [-0.3, -0.25) is 0 Å². The fourth-order valence-corrected chi connectivity index (χ4v) is 2.16. The summed E-state index contributed by atoms with van der Waals surface area (Å²) >= 11 is 0. The molecule has 0 atom stereocenters. The highest BCUT2D eigenvalue weighted by Crippen LogP contribution is 2.32. The molecule has 0 spiro atoms. The molecule has 25 heavy (non-hydrogen) atoms. The van der Waals surface area contributed by atoms with Crippen LogP contribution in [0.4, 0.5) is 0 Å². The van der Waals surface area contributed by atoms with E-state index in [1.807, 2.05) is 0 Å². The van der Waals surface area contributed by atoms with Crippen LogP contribution >= 0.6 is 0 Å². The van der Waals surface area contributed by atoms with E-state index in [0.29, 0.717) is 29.0 Å². The Morgan fingerprint density at radius 2 is 1.88 bits per heavy atom. The summed E-state index contributed by atoms with van der Waals surface area (Å²) in [7, 11) is 4.57. The normalized spacial score (nSPS) is 11.0. The third-order valence-electron chi connectivity index (χ3n) is 3.43. The van der Waals surface area contributed by atoms with Crippen LogP contribution in [0.3, 0.4) is 0 Å². The maximum Gasteiger partial charge on any atom is 0.354 e. The molecule has 0 aliphatic carbocycles. The lowest BCUT2D eigenvalue weighted by molar-refractivity contribution is -0.121. The van der Waals surface area contributed by atoms with Crippen molar-refractivity contribution in [1.82, 2.24) is 4.98 Å². The van der Waals surface area contributed by atoms with Crippen LogP contribution in [0.2, 0.25) is 0 Å². The van der Waals surface area contributed by atoms with Crippen LogP contribution in [-0.2, 0) is 14.2 Å². The van der Waals surface area contributed by atoms with Gasteiger partial charge in [0.15, 0.2) is 12.0 Å². The first-order chi connectivity index (χ1) is 12.1. The summed E-state index contributed by atoms with van der Waals surface area (Å²) < 4.78 is 26.5. The van der Waals surface area contributed by atoms with Crippen LogP contribution in [0, 0.1) is 0 Å². The number of fused-ring (bicyclic) bond motifs is 1. The Hall–Kier alpha value is -2.42. The smallest absolute Gasteiger partial charge is 0.354 e. The Labute approximate surface area is 145 Å². The number of para-hydroxylation sites is 1. The van der Waals surface area contributed by atoms with Gasteiger partial charge in [-0.05, 0) is 12.1 Å². The number of nitrogens with zero attached hydrogens (tertiary/aromatic N) is 1. The summed E-state index contributed by atoms with van der Waals surface area (Å²) in [6, 6.07) is 6.64. The molecule has 8 nitrogen and oxygen atoms in total. The van der Waals surface area contributed by atoms with E-state index in [1.165, 1.54) is 20.3 Å². The summed E-state index contributed by atoms with van der Waals surface area (Å²) in [5, 5.41) is 9.95. The number of methoxy groups -OCH3 is 3. The monoisotopic (exact) mass is 351 g/mol. The first-order valence-corrected chi connectivity index (χ1v) is 7.57. The number of pyridine rings is 1. The molecule has 0 unspecified atom stereocenters. The van der Waals surface area contributed by atoms with Gasteiger partial charge >= 0.3 is 5.97 Å². The quantitative estimate of drug-likeness (QED) is 0.512. The summed E-state index contributed by atoms with van der Waals surface area (Å²) in [6.07, 6.45) is -0.546. The van der Waals surface area contributed by atoms with Crippen LogP contribution in [0.5, 0.6) is 11.5 Å². The number of aromatic carboxylic acids is 1. The summed E-state index contributed by atoms with van der Waals surface area (Å²) in [5.74, 6) is -0.337. The standard InChI is InChI=1S/C17H21NO7/c1-21-7-8-24-14-9-12(17(19)20)18-16-11(14)5-4-6-13(16)25-10-15(22-2)23-3/h4-6,9,15H,7-8,10H2,1-3H3,(H,19,20). The van der Waals surface area contributed by atoms with Crippen molar-refractivity contribution in [2.75, 3.05) is 41.2 Å². The molecular formula is C17H21NO7. The molecule has 1 aromatic heterocycles. The molecular weight excluding hydrogens is 330 g/mol. The molecule has 1 aromatic carbocycles. The summed E-state index contributed by atoms with van der Waals surface area (Å²) in [4.78, 5) is 15.5. The van der Waals surface area contributed by atoms with Crippen LogP contribution in [-0.4, -0.2) is 63.5 Å². The Morgan fingerprint density at radius 3 is 2.52 bits per heavy atom. The zero-order chi connectivity index (χ0) is 18.2. The van der Waals surface area contributed by atoms with Crippen molar-refractivity contribution in [1.29, 1.82) is 0 Å². The van der Waals surface area contributed by atoms with Gasteiger partial charge in [-0.1, -0.05) is 6.07 Å². The van der Waals surface area contributed by atoms with E-state index in [1.54, 1.807) is 25.3 Å². The number of carbonyl (C=O) groups is 1. The first kappa shape index (κ1) is 18.9. The van der Waals surface area contributed by atoms with E-state index >= 15 is 0 Å². The summed E-state index contributed by atoms with van der Waals surface area (Å²) in [6.45, 7) is 0.798. The molecule has 1 N–H and O–H groups in total. The molecule has 8 heteroatoms. The maximum absolute atomic E-state index is 11.4. The minimum absolute atomic E-state index is 0.130. The van der Waals surface area contributed by atoms with Crippen molar-refractivity contribution < 1.29 is 33.6 Å². The first-order valence-electron chi connectivity index (χ1n) is 7.57. The molecule has 0 radical (unpaired) electrons. The highest BCUT2D eigenvalue weighted by Gasteiger charge is 2.16. The van der Waals surface area contributed by atoms with Crippen molar-refractivity contribution in [3.63, 3.8) is 0 Å². The van der Waals surface area contributed by atoms with Crippen molar-refractivity contribution in [3.8, 4) is 11.5 Å². The predicted octanol–water partition coefficient (Wildman–Crippen LogP) is 1.96. The number of hydrogen-bond donors (Lipinski definition) is 1. The third-order valence-corrected chi connectivity index (χ3v) is 3.43. The van der Waals surface area contributed by atoms with Crippen molar-refractivity contribution in [2.45, 2.75) is 6.29 Å². The molecule has 0 aliphatic rings. The second-order valence-corrected chi connectivity index (χ2v) is 5.02. The number of hydrogen-bond acceptors (Lipinski definition) is 7. The van der Waals surface area contributed by atoms with Crippen LogP contribution in [0.1, 0.15) is 10.5 Å². The van der Waals surface area contributed by atoms with Crippen LogP contribution in [0.15, 0.2) is 24.3 Å². The zero-order valence-corrected chi connectivity index (χ0v) is 14.4. The van der Waals surface area contributed by atoms with E-state index in [2.05, 4.69) is 4.98 Å². The second-order valence-electron chi connectivity index (χ2n) is 5.02. The lowest BCUT2D eigenvalue weighted by Gasteiger charge is -2.16. The average molecular weight is 351 g/mol. The number of ether oxygens (including phenoxy) is 5. The van der Waals surface area contributed by atoms with E-state index in [0.717, 1.165) is 0 Å². The zero-order valence-electron chi connectivity index (χ0n) is 14.4. The number of carboxylic acid groups (broad SMARTS) is 1. The van der Waals surface area contributed by atoms with Crippen LogP contribution < -0.4 is 9.47 Å². The number of carboxylic acids is 1. The van der Waals surface area contributed by atoms with Gasteiger partial charge in [-0.25, -0.2) is 9.78 Å². The Bertz CT molecular complexity index is 715. The van der Waals surface area contributed by atoms with E-state index in [-0.39, 0.29) is 18.9 Å². The Balaban J connectivity index is 2.40. The van der Waals surface area contributed by atoms with Gasteiger partial charge in [-0.15, -0.1) is 0 Å². The van der Waals surface area contributed by atoms with Gasteiger partial charge in [-0.2, -0.15) is 0 Å². The lowest BCUT2D eigenvalue weighted by atomic mass is 10.1. The van der Waals surface area contributed by atoms with Gasteiger partial charge in [0, 0.05) is 32.8 Å². The highest BCUT2D eigenvalue weighted by molar-refractivity contribution is 5.95. The van der Waals surface area contributed by atoms with Crippen LogP contribution in [0.25, 0.3) is 10.9 Å². The fraction of sp³-hybridized carbons (Fsp3) is 0.412. The largest absolute Gasteiger partial charge is 0.490 e. The molecule has 0 saturated carbocycles. The van der Waals surface area contributed by atoms with Gasteiger partial charge in [0.2, 0.25) is 0 Å². The molecule has 2 rings (SSSR count). The van der Waals surface area contributed by atoms with Crippen molar-refractivity contribution in [2.24, 2.45) is 0 Å². The molecule has 0 aliphatic heterocycles. The SMILES string of the molecule is COCCOc1cc(C(=O)O)nc2c(OCC(OC)OC)cccc12. The fourth-order valence-electron chi connectivity index (χ4n) is 2.16.